The second-order valence-electron chi connectivity index (χ2n) is 6.36. The van der Waals surface area contributed by atoms with Gasteiger partial charge in [-0.25, -0.2) is 0 Å². The monoisotopic (exact) mass is 292 g/mol. The molecule has 0 aromatic heterocycles. The predicted molar refractivity (Wildman–Crippen MR) is 81.5 cm³/mol. The third kappa shape index (κ3) is 3.47. The van der Waals surface area contributed by atoms with Crippen LogP contribution in [0.15, 0.2) is 18.2 Å². The van der Waals surface area contributed by atoms with Gasteiger partial charge in [0.1, 0.15) is 17.1 Å². The van der Waals surface area contributed by atoms with Gasteiger partial charge in [0.15, 0.2) is 6.10 Å². The number of benzene rings is 1. The summed E-state index contributed by atoms with van der Waals surface area (Å²) in [6.07, 6.45) is 0.235. The Morgan fingerprint density at radius 2 is 2.14 bits per heavy atom. The Hall–Kier alpha value is -1.75. The van der Waals surface area contributed by atoms with Crippen molar-refractivity contribution in [2.75, 3.05) is 14.1 Å². The van der Waals surface area contributed by atoms with Crippen molar-refractivity contribution in [2.24, 2.45) is 5.73 Å². The van der Waals surface area contributed by atoms with Gasteiger partial charge in [0.05, 0.1) is 0 Å². The van der Waals surface area contributed by atoms with E-state index in [4.69, 9.17) is 15.2 Å². The molecule has 2 atom stereocenters. The summed E-state index contributed by atoms with van der Waals surface area (Å²) in [6.45, 7) is 5.77. The van der Waals surface area contributed by atoms with E-state index in [0.717, 1.165) is 17.7 Å². The Morgan fingerprint density at radius 3 is 2.76 bits per heavy atom. The largest absolute Gasteiger partial charge is 0.487 e. The van der Waals surface area contributed by atoms with Crippen LogP contribution in [0.3, 0.4) is 0 Å². The molecule has 5 heteroatoms. The Labute approximate surface area is 126 Å². The van der Waals surface area contributed by atoms with E-state index in [0.29, 0.717) is 5.75 Å². The molecule has 0 aliphatic carbocycles. The van der Waals surface area contributed by atoms with Crippen LogP contribution in [-0.4, -0.2) is 36.6 Å². The SMILES string of the molecule is CC(Oc1ccc2c(c1)OC(C)(C)CC2N)C(=O)N(C)C. The first-order valence-electron chi connectivity index (χ1n) is 7.16. The lowest BCUT2D eigenvalue weighted by Crippen LogP contribution is -2.37. The van der Waals surface area contributed by atoms with Crippen molar-refractivity contribution in [1.29, 1.82) is 0 Å². The third-order valence-electron chi connectivity index (χ3n) is 3.58. The lowest BCUT2D eigenvalue weighted by Gasteiger charge is -2.36. The van der Waals surface area contributed by atoms with E-state index >= 15 is 0 Å². The molecule has 21 heavy (non-hydrogen) atoms. The highest BCUT2D eigenvalue weighted by atomic mass is 16.5. The Morgan fingerprint density at radius 1 is 1.48 bits per heavy atom. The van der Waals surface area contributed by atoms with Crippen molar-refractivity contribution < 1.29 is 14.3 Å². The summed E-state index contributed by atoms with van der Waals surface area (Å²) in [5, 5.41) is 0. The smallest absolute Gasteiger partial charge is 0.262 e. The number of amides is 1. The number of hydrogen-bond acceptors (Lipinski definition) is 4. The molecular formula is C16H24N2O3. The lowest BCUT2D eigenvalue weighted by atomic mass is 9.90. The molecule has 0 fully saturated rings. The van der Waals surface area contributed by atoms with E-state index in [-0.39, 0.29) is 17.6 Å². The Bertz CT molecular complexity index is 540. The zero-order valence-electron chi connectivity index (χ0n) is 13.3. The number of ether oxygens (including phenoxy) is 2. The average molecular weight is 292 g/mol. The zero-order chi connectivity index (χ0) is 15.8. The van der Waals surface area contributed by atoms with Crippen molar-refractivity contribution in [1.82, 2.24) is 4.90 Å². The molecule has 1 amide bonds. The maximum absolute atomic E-state index is 11.8. The predicted octanol–water partition coefficient (Wildman–Crippen LogP) is 2.10. The number of hydrogen-bond donors (Lipinski definition) is 1. The van der Waals surface area contributed by atoms with Crippen LogP contribution in [0.2, 0.25) is 0 Å². The number of rotatable bonds is 3. The molecule has 0 spiro atoms. The van der Waals surface area contributed by atoms with Crippen LogP contribution in [0.5, 0.6) is 11.5 Å². The van der Waals surface area contributed by atoms with Crippen LogP contribution in [0.25, 0.3) is 0 Å². The molecule has 0 bridgehead atoms. The number of nitrogens with zero attached hydrogens (tertiary/aromatic N) is 1. The fourth-order valence-electron chi connectivity index (χ4n) is 2.58. The highest BCUT2D eigenvalue weighted by Gasteiger charge is 2.32. The van der Waals surface area contributed by atoms with Crippen molar-refractivity contribution in [2.45, 2.75) is 44.9 Å². The molecule has 2 rings (SSSR count). The number of nitrogens with two attached hydrogens (primary N) is 1. The first kappa shape index (κ1) is 15.6. The molecule has 1 aromatic rings. The minimum absolute atomic E-state index is 0.0429. The van der Waals surface area contributed by atoms with Gasteiger partial charge in [-0.1, -0.05) is 6.07 Å². The van der Waals surface area contributed by atoms with Crippen molar-refractivity contribution >= 4 is 5.91 Å². The van der Waals surface area contributed by atoms with Crippen LogP contribution in [0.4, 0.5) is 0 Å². The summed E-state index contributed by atoms with van der Waals surface area (Å²) in [7, 11) is 3.42. The topological polar surface area (TPSA) is 64.8 Å². The number of likely N-dealkylation sites (N-methyl/N-ethyl adjacent to an activating group) is 1. The van der Waals surface area contributed by atoms with E-state index in [9.17, 15) is 4.79 Å². The molecule has 2 N–H and O–H groups in total. The average Bonchev–Trinajstić information content (AvgIpc) is 2.35. The van der Waals surface area contributed by atoms with E-state index in [1.165, 1.54) is 4.90 Å². The summed E-state index contributed by atoms with van der Waals surface area (Å²) >= 11 is 0. The van der Waals surface area contributed by atoms with Crippen LogP contribution in [0.1, 0.15) is 38.8 Å². The maximum atomic E-state index is 11.8. The standard InChI is InChI=1S/C16H24N2O3/c1-10(15(19)18(4)5)20-11-6-7-12-13(17)9-16(2,3)21-14(12)8-11/h6-8,10,13H,9,17H2,1-5H3. The molecule has 116 valence electrons. The first-order valence-corrected chi connectivity index (χ1v) is 7.16. The minimum atomic E-state index is -0.539. The summed E-state index contributed by atoms with van der Waals surface area (Å²) in [4.78, 5) is 13.4. The Kier molecular flexibility index (Phi) is 4.14. The van der Waals surface area contributed by atoms with Crippen LogP contribution in [-0.2, 0) is 4.79 Å². The molecule has 1 aliphatic rings. The summed E-state index contributed by atoms with van der Waals surface area (Å²) in [5.74, 6) is 1.27. The quantitative estimate of drug-likeness (QED) is 0.926. The second kappa shape index (κ2) is 5.56. The molecule has 0 saturated heterocycles. The molecule has 2 unspecified atom stereocenters. The third-order valence-corrected chi connectivity index (χ3v) is 3.58. The van der Waals surface area contributed by atoms with Gasteiger partial charge in [0, 0.05) is 38.2 Å². The van der Waals surface area contributed by atoms with Gasteiger partial charge in [0.2, 0.25) is 0 Å². The van der Waals surface area contributed by atoms with Crippen LogP contribution >= 0.6 is 0 Å². The fourth-order valence-corrected chi connectivity index (χ4v) is 2.58. The number of fused-ring (bicyclic) bond motifs is 1. The highest BCUT2D eigenvalue weighted by Crippen LogP contribution is 2.40. The summed E-state index contributed by atoms with van der Waals surface area (Å²) in [5.41, 5.74) is 6.86. The lowest BCUT2D eigenvalue weighted by molar-refractivity contribution is -0.135. The van der Waals surface area contributed by atoms with Gasteiger partial charge in [-0.15, -0.1) is 0 Å². The van der Waals surface area contributed by atoms with Gasteiger partial charge in [-0.05, 0) is 26.8 Å². The van der Waals surface area contributed by atoms with E-state index < -0.39 is 6.10 Å². The maximum Gasteiger partial charge on any atom is 0.262 e. The number of carbonyl (C=O) groups excluding carboxylic acids is 1. The Balaban J connectivity index is 2.20. The zero-order valence-corrected chi connectivity index (χ0v) is 13.3. The molecule has 1 aliphatic heterocycles. The first-order chi connectivity index (χ1) is 9.69. The van der Waals surface area contributed by atoms with Gasteiger partial charge < -0.3 is 20.1 Å². The van der Waals surface area contributed by atoms with E-state index in [1.807, 2.05) is 32.0 Å². The van der Waals surface area contributed by atoms with Crippen LogP contribution < -0.4 is 15.2 Å². The van der Waals surface area contributed by atoms with Crippen molar-refractivity contribution in [3.8, 4) is 11.5 Å². The number of carbonyl (C=O) groups is 1. The minimum Gasteiger partial charge on any atom is -0.487 e. The molecular weight excluding hydrogens is 268 g/mol. The van der Waals surface area contributed by atoms with Gasteiger partial charge in [-0.2, -0.15) is 0 Å². The van der Waals surface area contributed by atoms with Gasteiger partial charge >= 0.3 is 0 Å². The highest BCUT2D eigenvalue weighted by molar-refractivity contribution is 5.80. The van der Waals surface area contributed by atoms with Gasteiger partial charge in [0.25, 0.3) is 5.91 Å². The molecule has 1 aromatic carbocycles. The van der Waals surface area contributed by atoms with Crippen molar-refractivity contribution in [3.63, 3.8) is 0 Å². The molecule has 5 nitrogen and oxygen atoms in total. The molecule has 1 heterocycles. The van der Waals surface area contributed by atoms with E-state index in [2.05, 4.69) is 0 Å². The van der Waals surface area contributed by atoms with Crippen molar-refractivity contribution in [3.05, 3.63) is 23.8 Å². The second-order valence-corrected chi connectivity index (χ2v) is 6.36. The summed E-state index contributed by atoms with van der Waals surface area (Å²) < 4.78 is 11.7. The summed E-state index contributed by atoms with van der Waals surface area (Å²) in [6, 6.07) is 5.52. The van der Waals surface area contributed by atoms with E-state index in [1.54, 1.807) is 21.0 Å². The van der Waals surface area contributed by atoms with Crippen LogP contribution in [0, 0.1) is 0 Å². The van der Waals surface area contributed by atoms with Gasteiger partial charge in [-0.3, -0.25) is 4.79 Å². The molecule has 0 saturated carbocycles. The molecule has 0 radical (unpaired) electrons. The normalized spacial score (nSPS) is 21.0. The fraction of sp³-hybridized carbons (Fsp3) is 0.562.